The predicted octanol–water partition coefficient (Wildman–Crippen LogP) is -0.195. The summed E-state index contributed by atoms with van der Waals surface area (Å²) in [7, 11) is 1.68. The number of aromatic nitrogens is 1. The maximum atomic E-state index is 11.5. The van der Waals surface area contributed by atoms with E-state index in [0.29, 0.717) is 17.9 Å². The lowest BCUT2D eigenvalue weighted by molar-refractivity contribution is -0.128. The van der Waals surface area contributed by atoms with Crippen molar-refractivity contribution in [3.63, 3.8) is 0 Å². The van der Waals surface area contributed by atoms with E-state index in [9.17, 15) is 9.59 Å². The topological polar surface area (TPSA) is 91.2 Å². The highest BCUT2D eigenvalue weighted by atomic mass is 16.2. The first-order valence-electron chi connectivity index (χ1n) is 5.00. The van der Waals surface area contributed by atoms with Gasteiger partial charge in [-0.3, -0.25) is 9.59 Å². The number of rotatable bonds is 4. The predicted molar refractivity (Wildman–Crippen MR) is 60.8 cm³/mol. The number of carbonyl (C=O) groups excluding carboxylic acids is 2. The molecule has 0 aromatic carbocycles. The number of aromatic amines is 1. The summed E-state index contributed by atoms with van der Waals surface area (Å²) in [5.74, 6) is -0.468. The second-order valence-electron chi connectivity index (χ2n) is 3.44. The minimum Gasteiger partial charge on any atom is -0.397 e. The summed E-state index contributed by atoms with van der Waals surface area (Å²) in [5, 5.41) is 2.51. The number of nitrogens with zero attached hydrogens (tertiary/aromatic N) is 1. The van der Waals surface area contributed by atoms with Crippen molar-refractivity contribution < 1.29 is 9.59 Å². The number of hydrogen-bond acceptors (Lipinski definition) is 3. The van der Waals surface area contributed by atoms with Gasteiger partial charge in [-0.1, -0.05) is 0 Å². The number of H-pyrrole nitrogens is 1. The number of carbonyl (C=O) groups is 2. The van der Waals surface area contributed by atoms with Gasteiger partial charge in [0, 0.05) is 25.5 Å². The van der Waals surface area contributed by atoms with Crippen molar-refractivity contribution in [2.45, 2.75) is 6.92 Å². The molecular weight excluding hydrogens is 208 g/mol. The van der Waals surface area contributed by atoms with Crippen molar-refractivity contribution in [2.75, 3.05) is 25.9 Å². The highest BCUT2D eigenvalue weighted by molar-refractivity contribution is 5.95. The van der Waals surface area contributed by atoms with Gasteiger partial charge < -0.3 is 20.9 Å². The Labute approximate surface area is 93.8 Å². The molecule has 6 heteroatoms. The van der Waals surface area contributed by atoms with E-state index in [2.05, 4.69) is 10.3 Å². The largest absolute Gasteiger partial charge is 0.397 e. The number of amides is 2. The van der Waals surface area contributed by atoms with Gasteiger partial charge in [-0.2, -0.15) is 0 Å². The zero-order chi connectivity index (χ0) is 12.1. The highest BCUT2D eigenvalue weighted by Crippen LogP contribution is 2.03. The molecule has 6 nitrogen and oxygen atoms in total. The molecule has 16 heavy (non-hydrogen) atoms. The van der Waals surface area contributed by atoms with E-state index in [-0.39, 0.29) is 18.4 Å². The number of nitrogens with two attached hydrogens (primary N) is 1. The second kappa shape index (κ2) is 5.20. The minimum absolute atomic E-state index is 0.0118. The monoisotopic (exact) mass is 224 g/mol. The van der Waals surface area contributed by atoms with Crippen LogP contribution in [0, 0.1) is 0 Å². The number of nitrogens with one attached hydrogen (secondary N) is 2. The Morgan fingerprint density at radius 2 is 2.25 bits per heavy atom. The Hall–Kier alpha value is -1.98. The van der Waals surface area contributed by atoms with Crippen LogP contribution in [0.4, 0.5) is 5.69 Å². The molecule has 4 N–H and O–H groups in total. The third-order valence-electron chi connectivity index (χ3n) is 2.25. The van der Waals surface area contributed by atoms with Crippen LogP contribution in [0.5, 0.6) is 0 Å². The molecule has 0 aliphatic carbocycles. The molecule has 0 radical (unpaired) electrons. The van der Waals surface area contributed by atoms with E-state index in [4.69, 9.17) is 5.73 Å². The molecule has 1 heterocycles. The van der Waals surface area contributed by atoms with E-state index < -0.39 is 0 Å². The quantitative estimate of drug-likeness (QED) is 0.661. The van der Waals surface area contributed by atoms with Crippen LogP contribution in [-0.2, 0) is 4.79 Å². The summed E-state index contributed by atoms with van der Waals surface area (Å²) in [6.45, 7) is 2.47. The normalized spacial score (nSPS) is 9.88. The molecule has 1 rings (SSSR count). The third kappa shape index (κ3) is 3.01. The van der Waals surface area contributed by atoms with Crippen molar-refractivity contribution >= 4 is 17.5 Å². The number of nitrogen functional groups attached to an aromatic ring is 1. The fraction of sp³-hybridized carbons (Fsp3) is 0.400. The number of anilines is 1. The van der Waals surface area contributed by atoms with Gasteiger partial charge in [-0.25, -0.2) is 0 Å². The summed E-state index contributed by atoms with van der Waals surface area (Å²) in [5.41, 5.74) is 6.30. The average molecular weight is 224 g/mol. The standard InChI is InChI=1S/C10H16N4O2/c1-3-14(2)9(15)6-13-10(16)8-4-7(11)5-12-8/h4-5,12H,3,6,11H2,1-2H3,(H,13,16). The summed E-state index contributed by atoms with van der Waals surface area (Å²) >= 11 is 0. The molecular formula is C10H16N4O2. The van der Waals surface area contributed by atoms with Gasteiger partial charge >= 0.3 is 0 Å². The van der Waals surface area contributed by atoms with Gasteiger partial charge in [0.2, 0.25) is 5.91 Å². The van der Waals surface area contributed by atoms with Crippen LogP contribution in [0.1, 0.15) is 17.4 Å². The van der Waals surface area contributed by atoms with Crippen molar-refractivity contribution in [2.24, 2.45) is 0 Å². The van der Waals surface area contributed by atoms with Crippen LogP contribution in [0.25, 0.3) is 0 Å². The van der Waals surface area contributed by atoms with Gasteiger partial charge in [-0.05, 0) is 13.0 Å². The molecule has 88 valence electrons. The molecule has 0 saturated heterocycles. The molecule has 0 saturated carbocycles. The Morgan fingerprint density at radius 1 is 1.56 bits per heavy atom. The fourth-order valence-electron chi connectivity index (χ4n) is 1.10. The Kier molecular flexibility index (Phi) is 3.93. The molecule has 1 aromatic rings. The maximum Gasteiger partial charge on any atom is 0.268 e. The van der Waals surface area contributed by atoms with Crippen molar-refractivity contribution in [1.82, 2.24) is 15.2 Å². The third-order valence-corrected chi connectivity index (χ3v) is 2.25. The lowest BCUT2D eigenvalue weighted by atomic mass is 10.4. The van der Waals surface area contributed by atoms with Crippen LogP contribution in [-0.4, -0.2) is 41.8 Å². The van der Waals surface area contributed by atoms with E-state index in [1.807, 2.05) is 6.92 Å². The Bertz CT molecular complexity index is 386. The van der Waals surface area contributed by atoms with Crippen molar-refractivity contribution in [1.29, 1.82) is 0 Å². The van der Waals surface area contributed by atoms with E-state index in [1.54, 1.807) is 7.05 Å². The molecule has 0 aliphatic rings. The van der Waals surface area contributed by atoms with Crippen LogP contribution in [0.15, 0.2) is 12.3 Å². The van der Waals surface area contributed by atoms with Crippen LogP contribution >= 0.6 is 0 Å². The lowest BCUT2D eigenvalue weighted by Crippen LogP contribution is -2.38. The smallest absolute Gasteiger partial charge is 0.268 e. The van der Waals surface area contributed by atoms with Crippen molar-refractivity contribution in [3.05, 3.63) is 18.0 Å². The highest BCUT2D eigenvalue weighted by Gasteiger charge is 2.11. The molecule has 0 fully saturated rings. The van der Waals surface area contributed by atoms with Crippen molar-refractivity contribution in [3.8, 4) is 0 Å². The van der Waals surface area contributed by atoms with Crippen LogP contribution < -0.4 is 11.1 Å². The van der Waals surface area contributed by atoms with Crippen LogP contribution in [0.2, 0.25) is 0 Å². The summed E-state index contributed by atoms with van der Waals surface area (Å²) in [6.07, 6.45) is 1.52. The van der Waals surface area contributed by atoms with Gasteiger partial charge in [0.1, 0.15) is 5.69 Å². The Balaban J connectivity index is 2.44. The maximum absolute atomic E-state index is 11.5. The molecule has 0 unspecified atom stereocenters. The molecule has 0 atom stereocenters. The zero-order valence-corrected chi connectivity index (χ0v) is 9.41. The first-order valence-corrected chi connectivity index (χ1v) is 5.00. The fourth-order valence-corrected chi connectivity index (χ4v) is 1.10. The first kappa shape index (κ1) is 12.1. The average Bonchev–Trinajstić information content (AvgIpc) is 2.71. The van der Waals surface area contributed by atoms with E-state index >= 15 is 0 Å². The number of hydrogen-bond donors (Lipinski definition) is 3. The minimum atomic E-state index is -0.338. The summed E-state index contributed by atoms with van der Waals surface area (Å²) < 4.78 is 0. The van der Waals surface area contributed by atoms with Gasteiger partial charge in [0.15, 0.2) is 0 Å². The van der Waals surface area contributed by atoms with E-state index in [0.717, 1.165) is 0 Å². The van der Waals surface area contributed by atoms with Crippen LogP contribution in [0.3, 0.4) is 0 Å². The van der Waals surface area contributed by atoms with Gasteiger partial charge in [0.25, 0.3) is 5.91 Å². The zero-order valence-electron chi connectivity index (χ0n) is 9.41. The number of likely N-dealkylation sites (N-methyl/N-ethyl adjacent to an activating group) is 1. The summed E-state index contributed by atoms with van der Waals surface area (Å²) in [4.78, 5) is 27.1. The summed E-state index contributed by atoms with van der Waals surface area (Å²) in [6, 6.07) is 1.52. The van der Waals surface area contributed by atoms with Gasteiger partial charge in [0.05, 0.1) is 6.54 Å². The van der Waals surface area contributed by atoms with E-state index in [1.165, 1.54) is 17.2 Å². The molecule has 0 aliphatic heterocycles. The molecule has 2 amide bonds. The van der Waals surface area contributed by atoms with Gasteiger partial charge in [-0.15, -0.1) is 0 Å². The molecule has 0 spiro atoms. The Morgan fingerprint density at radius 3 is 2.75 bits per heavy atom. The SMILES string of the molecule is CCN(C)C(=O)CNC(=O)c1cc(N)c[nH]1. The molecule has 1 aromatic heterocycles. The first-order chi connectivity index (χ1) is 7.54. The second-order valence-corrected chi connectivity index (χ2v) is 3.44. The molecule has 0 bridgehead atoms. The lowest BCUT2D eigenvalue weighted by Gasteiger charge is -2.14.